The monoisotopic (exact) mass is 347 g/mol. The van der Waals surface area contributed by atoms with Gasteiger partial charge in [0, 0.05) is 12.1 Å². The van der Waals surface area contributed by atoms with Crippen molar-refractivity contribution in [2.24, 2.45) is 0 Å². The second kappa shape index (κ2) is 5.70. The minimum atomic E-state index is -4.93. The van der Waals surface area contributed by atoms with Crippen molar-refractivity contribution in [3.05, 3.63) is 32.5 Å². The van der Waals surface area contributed by atoms with Crippen LogP contribution in [0.5, 0.6) is 5.75 Å². The van der Waals surface area contributed by atoms with E-state index in [4.69, 9.17) is 5.11 Å². The van der Waals surface area contributed by atoms with Crippen LogP contribution in [0.1, 0.15) is 0 Å². The second-order valence-electron chi connectivity index (χ2n) is 3.36. The lowest BCUT2D eigenvalue weighted by Gasteiger charge is -2.15. The van der Waals surface area contributed by atoms with Crippen LogP contribution in [0.25, 0.3) is 0 Å². The predicted octanol–water partition coefficient (Wildman–Crippen LogP) is 2.80. The van der Waals surface area contributed by atoms with E-state index >= 15 is 0 Å². The SMILES string of the molecule is O=[N+]([O-])c1cc(Br)c(F)cc1OCC(O)C(F)(F)F. The molecule has 1 N–H and O–H groups in total. The zero-order valence-electron chi connectivity index (χ0n) is 8.95. The zero-order chi connectivity index (χ0) is 14.8. The molecule has 1 unspecified atom stereocenters. The molecule has 1 aromatic rings. The summed E-state index contributed by atoms with van der Waals surface area (Å²) in [6.45, 7) is -1.27. The van der Waals surface area contributed by atoms with Crippen molar-refractivity contribution in [1.82, 2.24) is 0 Å². The molecule has 0 radical (unpaired) electrons. The first kappa shape index (κ1) is 15.6. The van der Waals surface area contributed by atoms with E-state index in [0.717, 1.165) is 6.07 Å². The third-order valence-corrected chi connectivity index (χ3v) is 2.58. The number of halogens is 5. The number of ether oxygens (including phenoxy) is 1. The fourth-order valence-electron chi connectivity index (χ4n) is 1.04. The maximum atomic E-state index is 13.1. The van der Waals surface area contributed by atoms with Crippen LogP contribution >= 0.6 is 15.9 Å². The van der Waals surface area contributed by atoms with Crippen molar-refractivity contribution >= 4 is 21.6 Å². The molecule has 5 nitrogen and oxygen atoms in total. The topological polar surface area (TPSA) is 72.6 Å². The Kier molecular flexibility index (Phi) is 4.69. The molecule has 0 saturated carbocycles. The highest BCUT2D eigenvalue weighted by atomic mass is 79.9. The molecule has 106 valence electrons. The minimum absolute atomic E-state index is 0.233. The number of aliphatic hydroxyl groups is 1. The number of hydrogen-bond donors (Lipinski definition) is 1. The van der Waals surface area contributed by atoms with Crippen molar-refractivity contribution in [3.63, 3.8) is 0 Å². The summed E-state index contributed by atoms with van der Waals surface area (Å²) >= 11 is 2.70. The van der Waals surface area contributed by atoms with E-state index in [2.05, 4.69) is 20.7 Å². The Morgan fingerprint density at radius 2 is 2.05 bits per heavy atom. The molecule has 1 aromatic carbocycles. The fraction of sp³-hybridized carbons (Fsp3) is 0.333. The number of nitrogens with zero attached hydrogens (tertiary/aromatic N) is 1. The van der Waals surface area contributed by atoms with Crippen LogP contribution in [0, 0.1) is 15.9 Å². The molecule has 1 rings (SSSR count). The first-order valence-electron chi connectivity index (χ1n) is 4.64. The maximum Gasteiger partial charge on any atom is 0.417 e. The summed E-state index contributed by atoms with van der Waals surface area (Å²) in [6, 6.07) is 1.32. The normalized spacial score (nSPS) is 13.2. The van der Waals surface area contributed by atoms with Crippen LogP contribution < -0.4 is 4.74 Å². The standard InChI is InChI=1S/C9H6BrF4NO4/c10-4-1-6(15(17)18)7(2-5(4)11)19-3-8(16)9(12,13)14/h1-2,8,16H,3H2. The van der Waals surface area contributed by atoms with Gasteiger partial charge in [-0.25, -0.2) is 4.39 Å². The highest BCUT2D eigenvalue weighted by Gasteiger charge is 2.39. The molecular weight excluding hydrogens is 342 g/mol. The summed E-state index contributed by atoms with van der Waals surface area (Å²) in [6.07, 6.45) is -7.75. The molecule has 0 heterocycles. The molecule has 0 bridgehead atoms. The van der Waals surface area contributed by atoms with Gasteiger partial charge in [0.2, 0.25) is 0 Å². The van der Waals surface area contributed by atoms with Gasteiger partial charge in [-0.05, 0) is 15.9 Å². The van der Waals surface area contributed by atoms with Gasteiger partial charge in [0.05, 0.1) is 9.40 Å². The van der Waals surface area contributed by atoms with Gasteiger partial charge in [0.15, 0.2) is 11.9 Å². The van der Waals surface area contributed by atoms with Gasteiger partial charge in [0.25, 0.3) is 0 Å². The van der Waals surface area contributed by atoms with Crippen LogP contribution in [0.3, 0.4) is 0 Å². The third kappa shape index (κ3) is 4.03. The number of hydrogen-bond acceptors (Lipinski definition) is 4. The molecular formula is C9H6BrF4NO4. The van der Waals surface area contributed by atoms with Gasteiger partial charge >= 0.3 is 11.9 Å². The van der Waals surface area contributed by atoms with E-state index in [-0.39, 0.29) is 4.47 Å². The lowest BCUT2D eigenvalue weighted by molar-refractivity contribution is -0.386. The quantitative estimate of drug-likeness (QED) is 0.516. The number of nitro benzene ring substituents is 1. The van der Waals surface area contributed by atoms with Crippen molar-refractivity contribution in [1.29, 1.82) is 0 Å². The van der Waals surface area contributed by atoms with Gasteiger partial charge < -0.3 is 9.84 Å². The molecule has 10 heteroatoms. The molecule has 19 heavy (non-hydrogen) atoms. The van der Waals surface area contributed by atoms with Crippen LogP contribution in [0.15, 0.2) is 16.6 Å². The summed E-state index contributed by atoms with van der Waals surface area (Å²) in [5.41, 5.74) is -0.720. The molecule has 0 fully saturated rings. The molecule has 0 saturated heterocycles. The van der Waals surface area contributed by atoms with Crippen molar-refractivity contribution in [3.8, 4) is 5.75 Å². The zero-order valence-corrected chi connectivity index (χ0v) is 10.5. The maximum absolute atomic E-state index is 13.1. The number of alkyl halides is 3. The van der Waals surface area contributed by atoms with Gasteiger partial charge in [-0.1, -0.05) is 0 Å². The molecule has 0 amide bonds. The first-order chi connectivity index (χ1) is 8.62. The summed E-state index contributed by atoms with van der Waals surface area (Å²) in [7, 11) is 0. The van der Waals surface area contributed by atoms with E-state index in [1.165, 1.54) is 0 Å². The van der Waals surface area contributed by atoms with E-state index in [1.54, 1.807) is 0 Å². The molecule has 0 aromatic heterocycles. The third-order valence-electron chi connectivity index (χ3n) is 1.97. The average molecular weight is 348 g/mol. The van der Waals surface area contributed by atoms with Gasteiger partial charge in [0.1, 0.15) is 12.4 Å². The lowest BCUT2D eigenvalue weighted by atomic mass is 10.3. The molecule has 1 atom stereocenters. The number of aliphatic hydroxyl groups excluding tert-OH is 1. The van der Waals surface area contributed by atoms with E-state index in [1.807, 2.05) is 0 Å². The highest BCUT2D eigenvalue weighted by Crippen LogP contribution is 2.33. The van der Waals surface area contributed by atoms with Gasteiger partial charge in [-0.15, -0.1) is 0 Å². The second-order valence-corrected chi connectivity index (χ2v) is 4.21. The summed E-state index contributed by atoms with van der Waals surface area (Å²) in [5.74, 6) is -1.64. The Bertz CT molecular complexity index is 494. The molecule has 0 aliphatic carbocycles. The molecule has 0 aliphatic rings. The fourth-order valence-corrected chi connectivity index (χ4v) is 1.37. The van der Waals surface area contributed by atoms with Crippen LogP contribution in [0.4, 0.5) is 23.2 Å². The predicted molar refractivity (Wildman–Crippen MR) is 58.3 cm³/mol. The Labute approximate surface area is 112 Å². The lowest BCUT2D eigenvalue weighted by Crippen LogP contribution is -2.34. The summed E-state index contributed by atoms with van der Waals surface area (Å²) < 4.78 is 53.4. The molecule has 0 aliphatic heterocycles. The smallest absolute Gasteiger partial charge is 0.417 e. The van der Waals surface area contributed by atoms with E-state index in [0.29, 0.717) is 6.07 Å². The van der Waals surface area contributed by atoms with E-state index < -0.39 is 41.1 Å². The number of benzene rings is 1. The van der Waals surface area contributed by atoms with Gasteiger partial charge in [-0.2, -0.15) is 13.2 Å². The first-order valence-corrected chi connectivity index (χ1v) is 5.43. The Morgan fingerprint density at radius 3 is 2.53 bits per heavy atom. The van der Waals surface area contributed by atoms with Crippen molar-refractivity contribution in [2.45, 2.75) is 12.3 Å². The van der Waals surface area contributed by atoms with Crippen LogP contribution in [-0.2, 0) is 0 Å². The van der Waals surface area contributed by atoms with Gasteiger partial charge in [-0.3, -0.25) is 10.1 Å². The largest absolute Gasteiger partial charge is 0.484 e. The number of rotatable bonds is 4. The summed E-state index contributed by atoms with van der Waals surface area (Å²) in [4.78, 5) is 9.68. The van der Waals surface area contributed by atoms with Crippen LogP contribution in [-0.4, -0.2) is 28.9 Å². The Morgan fingerprint density at radius 1 is 1.47 bits per heavy atom. The number of nitro groups is 1. The minimum Gasteiger partial charge on any atom is -0.484 e. The Balaban J connectivity index is 2.95. The molecule has 0 spiro atoms. The summed E-state index contributed by atoms with van der Waals surface area (Å²) in [5, 5.41) is 19.3. The van der Waals surface area contributed by atoms with E-state index in [9.17, 15) is 27.7 Å². The average Bonchev–Trinajstić information content (AvgIpc) is 2.28. The van der Waals surface area contributed by atoms with Crippen molar-refractivity contribution < 1.29 is 32.3 Å². The highest BCUT2D eigenvalue weighted by molar-refractivity contribution is 9.10. The Hall–Kier alpha value is -1.42. The van der Waals surface area contributed by atoms with Crippen LogP contribution in [0.2, 0.25) is 0 Å². The van der Waals surface area contributed by atoms with Crippen molar-refractivity contribution in [2.75, 3.05) is 6.61 Å².